The molecule has 5 amide bonds. The molecule has 1 fully saturated rings. The molecule has 1 aliphatic heterocycles. The average Bonchev–Trinajstić information content (AvgIpc) is 3.65. The van der Waals surface area contributed by atoms with E-state index >= 15 is 0 Å². The maximum atomic E-state index is 13.8. The number of nitrogens with one attached hydrogen (secondary N) is 4. The van der Waals surface area contributed by atoms with Gasteiger partial charge in [0.1, 0.15) is 30.2 Å². The van der Waals surface area contributed by atoms with Gasteiger partial charge in [0.15, 0.2) is 5.96 Å². The van der Waals surface area contributed by atoms with Gasteiger partial charge < -0.3 is 65.0 Å². The van der Waals surface area contributed by atoms with Crippen molar-refractivity contribution >= 4 is 41.5 Å². The molecule has 1 aliphatic rings. The number of benzene rings is 1. The lowest BCUT2D eigenvalue weighted by molar-refractivity contribution is -0.149. The normalized spacial score (nSPS) is 16.6. The number of aliphatic imine (C=N–C) groups is 1. The van der Waals surface area contributed by atoms with Crippen molar-refractivity contribution < 1.29 is 39.0 Å². The van der Waals surface area contributed by atoms with Crippen LogP contribution in [0.25, 0.3) is 0 Å². The standard InChI is InChI=1S/C35H59N11O8/c36-16-6-4-12-24(43-32(51)27(21-47)45-29(48)23(38)20-22-10-2-1-3-11-22)30(49)42-25(14-8-18-41-35(39)40)31(50)44-26(13-5-7-17-37)33(52)46-19-9-15-28(46)34(53)54/h1-3,10-11,23-28,47H,4-9,12-21,36-38H2,(H,42,49)(H,43,51)(H,44,50)(H,45,48)(H,53,54)(H4,39,40,41)/t23-,24-,25-,26-,27-,28-/m0/s1. The number of guanidine groups is 1. The maximum Gasteiger partial charge on any atom is 0.326 e. The Kier molecular flexibility index (Phi) is 20.5. The molecule has 6 atom stereocenters. The molecule has 0 aliphatic carbocycles. The molecule has 1 saturated heterocycles. The molecule has 54 heavy (non-hydrogen) atoms. The first-order valence-corrected chi connectivity index (χ1v) is 18.4. The number of carbonyl (C=O) groups excluding carboxylic acids is 5. The fourth-order valence-electron chi connectivity index (χ4n) is 6.02. The first-order valence-electron chi connectivity index (χ1n) is 18.4. The van der Waals surface area contributed by atoms with Crippen LogP contribution < -0.4 is 49.9 Å². The monoisotopic (exact) mass is 761 g/mol. The largest absolute Gasteiger partial charge is 0.480 e. The van der Waals surface area contributed by atoms with Crippen molar-refractivity contribution in [1.82, 2.24) is 26.2 Å². The van der Waals surface area contributed by atoms with E-state index in [1.807, 2.05) is 6.07 Å². The summed E-state index contributed by atoms with van der Waals surface area (Å²) in [5.41, 5.74) is 29.1. The highest BCUT2D eigenvalue weighted by molar-refractivity contribution is 5.96. The number of aliphatic hydroxyl groups is 1. The predicted octanol–water partition coefficient (Wildman–Crippen LogP) is -3.12. The third-order valence-electron chi connectivity index (χ3n) is 8.99. The summed E-state index contributed by atoms with van der Waals surface area (Å²) in [7, 11) is 0. The Morgan fingerprint density at radius 1 is 0.759 bits per heavy atom. The van der Waals surface area contributed by atoms with Gasteiger partial charge in [-0.05, 0) is 89.3 Å². The van der Waals surface area contributed by atoms with Crippen LogP contribution in [-0.4, -0.2) is 126 Å². The first-order chi connectivity index (χ1) is 25.8. The van der Waals surface area contributed by atoms with Gasteiger partial charge in [-0.3, -0.25) is 29.0 Å². The smallest absolute Gasteiger partial charge is 0.326 e. The highest BCUT2D eigenvalue weighted by Crippen LogP contribution is 2.20. The number of likely N-dealkylation sites (tertiary alicyclic amines) is 1. The third-order valence-corrected chi connectivity index (χ3v) is 8.99. The van der Waals surface area contributed by atoms with E-state index in [4.69, 9.17) is 28.7 Å². The van der Waals surface area contributed by atoms with E-state index in [0.717, 1.165) is 5.56 Å². The summed E-state index contributed by atoms with van der Waals surface area (Å²) in [5, 5.41) is 30.1. The number of aliphatic carboxylic acids is 1. The minimum absolute atomic E-state index is 0.0254. The maximum absolute atomic E-state index is 13.8. The molecule has 1 aromatic carbocycles. The predicted molar refractivity (Wildman–Crippen MR) is 201 cm³/mol. The molecule has 16 N–H and O–H groups in total. The number of amides is 5. The van der Waals surface area contributed by atoms with Crippen LogP contribution in [0.3, 0.4) is 0 Å². The molecule has 0 bridgehead atoms. The number of rotatable bonds is 25. The van der Waals surface area contributed by atoms with Gasteiger partial charge in [0, 0.05) is 13.1 Å². The second-order valence-corrected chi connectivity index (χ2v) is 13.3. The number of carboxylic acid groups (broad SMARTS) is 1. The van der Waals surface area contributed by atoms with Crippen LogP contribution in [-0.2, 0) is 35.2 Å². The Bertz CT molecular complexity index is 1400. The summed E-state index contributed by atoms with van der Waals surface area (Å²) >= 11 is 0. The van der Waals surface area contributed by atoms with E-state index in [1.54, 1.807) is 24.3 Å². The minimum atomic E-state index is -1.44. The van der Waals surface area contributed by atoms with Crippen molar-refractivity contribution in [2.75, 3.05) is 32.8 Å². The summed E-state index contributed by atoms with van der Waals surface area (Å²) in [5.74, 6) is -4.87. The topological polar surface area (TPSA) is 337 Å². The SMILES string of the molecule is NCCCC[C@H](NC(=O)[C@H](CO)NC(=O)[C@@H](N)Cc1ccccc1)C(=O)N[C@@H](CCCN=C(N)N)C(=O)N[C@@H](CCCCN)C(=O)N1CCC[C@H]1C(=O)O. The zero-order chi connectivity index (χ0) is 40.0. The second-order valence-electron chi connectivity index (χ2n) is 13.3. The van der Waals surface area contributed by atoms with Crippen molar-refractivity contribution in [1.29, 1.82) is 0 Å². The van der Waals surface area contributed by atoms with Crippen LogP contribution >= 0.6 is 0 Å². The average molecular weight is 762 g/mol. The van der Waals surface area contributed by atoms with Crippen molar-refractivity contribution in [3.05, 3.63) is 35.9 Å². The molecular formula is C35H59N11O8. The molecule has 19 heteroatoms. The number of hydrogen-bond acceptors (Lipinski definition) is 11. The molecule has 1 heterocycles. The Balaban J connectivity index is 2.26. The van der Waals surface area contributed by atoms with Gasteiger partial charge in [0.05, 0.1) is 12.6 Å². The van der Waals surface area contributed by atoms with E-state index in [9.17, 15) is 39.0 Å². The summed E-state index contributed by atoms with van der Waals surface area (Å²) in [6.45, 7) is 0.207. The fourth-order valence-corrected chi connectivity index (χ4v) is 6.02. The Morgan fingerprint density at radius 3 is 1.81 bits per heavy atom. The number of hydrogen-bond donors (Lipinski definition) is 11. The fraction of sp³-hybridized carbons (Fsp3) is 0.629. The third kappa shape index (κ3) is 15.6. The number of nitrogens with two attached hydrogens (primary N) is 5. The van der Waals surface area contributed by atoms with E-state index in [1.165, 1.54) is 4.90 Å². The van der Waals surface area contributed by atoms with Gasteiger partial charge >= 0.3 is 5.97 Å². The number of carbonyl (C=O) groups is 6. The first kappa shape index (κ1) is 45.3. The Labute approximate surface area is 315 Å². The molecule has 302 valence electrons. The number of carboxylic acids is 1. The lowest BCUT2D eigenvalue weighted by Crippen LogP contribution is -2.59. The Hall–Kier alpha value is -4.85. The number of aliphatic hydroxyl groups excluding tert-OH is 1. The zero-order valence-electron chi connectivity index (χ0n) is 30.8. The molecule has 0 radical (unpaired) electrons. The van der Waals surface area contributed by atoms with Gasteiger partial charge in [-0.25, -0.2) is 4.79 Å². The van der Waals surface area contributed by atoms with Crippen LogP contribution in [0.1, 0.15) is 69.8 Å². The zero-order valence-corrected chi connectivity index (χ0v) is 30.8. The minimum Gasteiger partial charge on any atom is -0.480 e. The van der Waals surface area contributed by atoms with Crippen LogP contribution in [0.5, 0.6) is 0 Å². The molecule has 0 spiro atoms. The van der Waals surface area contributed by atoms with Crippen LogP contribution in [0.4, 0.5) is 0 Å². The Morgan fingerprint density at radius 2 is 1.28 bits per heavy atom. The molecule has 1 aromatic rings. The summed E-state index contributed by atoms with van der Waals surface area (Å²) in [4.78, 5) is 84.5. The second kappa shape index (κ2) is 24.5. The van der Waals surface area contributed by atoms with Gasteiger partial charge in [-0.1, -0.05) is 30.3 Å². The van der Waals surface area contributed by atoms with E-state index in [-0.39, 0.29) is 57.6 Å². The van der Waals surface area contributed by atoms with Crippen LogP contribution in [0.2, 0.25) is 0 Å². The van der Waals surface area contributed by atoms with Crippen molar-refractivity contribution in [3.63, 3.8) is 0 Å². The van der Waals surface area contributed by atoms with Crippen molar-refractivity contribution in [2.45, 2.75) is 107 Å². The number of nitrogens with zero attached hydrogens (tertiary/aromatic N) is 2. The van der Waals surface area contributed by atoms with Crippen LogP contribution in [0, 0.1) is 0 Å². The van der Waals surface area contributed by atoms with Crippen molar-refractivity contribution in [2.24, 2.45) is 33.7 Å². The van der Waals surface area contributed by atoms with E-state index in [2.05, 4.69) is 26.3 Å². The highest BCUT2D eigenvalue weighted by Gasteiger charge is 2.38. The van der Waals surface area contributed by atoms with Crippen LogP contribution in [0.15, 0.2) is 35.3 Å². The van der Waals surface area contributed by atoms with Gasteiger partial charge in [0.25, 0.3) is 0 Å². The lowest BCUT2D eigenvalue weighted by Gasteiger charge is -2.29. The molecule has 0 aromatic heterocycles. The quantitative estimate of drug-likeness (QED) is 0.0267. The van der Waals surface area contributed by atoms with Crippen molar-refractivity contribution in [3.8, 4) is 0 Å². The lowest BCUT2D eigenvalue weighted by atomic mass is 10.0. The molecular weight excluding hydrogens is 702 g/mol. The summed E-state index contributed by atoms with van der Waals surface area (Å²) in [6, 6.07) is 1.97. The van der Waals surface area contributed by atoms with E-state index in [0.29, 0.717) is 45.2 Å². The van der Waals surface area contributed by atoms with Gasteiger partial charge in [0.2, 0.25) is 29.5 Å². The summed E-state index contributed by atoms with van der Waals surface area (Å²) in [6.07, 6.45) is 3.45. The highest BCUT2D eigenvalue weighted by atomic mass is 16.4. The molecule has 19 nitrogen and oxygen atoms in total. The molecule has 2 rings (SSSR count). The van der Waals surface area contributed by atoms with Gasteiger partial charge in [-0.2, -0.15) is 0 Å². The van der Waals surface area contributed by atoms with Gasteiger partial charge in [-0.15, -0.1) is 0 Å². The molecule has 0 saturated carbocycles. The van der Waals surface area contributed by atoms with E-state index < -0.39 is 78.4 Å². The summed E-state index contributed by atoms with van der Waals surface area (Å²) < 4.78 is 0. The molecule has 0 unspecified atom stereocenters. The number of unbranched alkanes of at least 4 members (excludes halogenated alkanes) is 2.